The molecule has 46 heavy (non-hydrogen) atoms. The van der Waals surface area contributed by atoms with Crippen molar-refractivity contribution in [3.8, 4) is 22.4 Å². The van der Waals surface area contributed by atoms with Gasteiger partial charge in [-0.3, -0.25) is 9.78 Å². The maximum Gasteiger partial charge on any atom is 0.418 e. The number of allylic oxidation sites excluding steroid dienone is 2. The van der Waals surface area contributed by atoms with Crippen LogP contribution in [0.1, 0.15) is 85.3 Å². The second kappa shape index (κ2) is 17.0. The van der Waals surface area contributed by atoms with Crippen LogP contribution in [0.25, 0.3) is 33.2 Å². The Morgan fingerprint density at radius 1 is 0.848 bits per heavy atom. The van der Waals surface area contributed by atoms with E-state index in [2.05, 4.69) is 31.8 Å². The van der Waals surface area contributed by atoms with Crippen LogP contribution in [0.2, 0.25) is 0 Å². The molecule has 0 aliphatic rings. The Balaban J connectivity index is 0.000000394. The monoisotopic (exact) mass is 809 g/mol. The summed E-state index contributed by atoms with van der Waals surface area (Å²) in [7, 11) is 0. The van der Waals surface area contributed by atoms with Gasteiger partial charge in [0.25, 0.3) is 0 Å². The minimum atomic E-state index is -4.49. The Kier molecular flexibility index (Phi) is 14.4. The molecule has 0 atom stereocenters. The van der Waals surface area contributed by atoms with Crippen molar-refractivity contribution in [3.63, 3.8) is 0 Å². The molecule has 249 valence electrons. The van der Waals surface area contributed by atoms with Crippen LogP contribution in [-0.2, 0) is 36.5 Å². The number of aromatic nitrogens is 1. The van der Waals surface area contributed by atoms with Crippen molar-refractivity contribution in [1.29, 1.82) is 0 Å². The van der Waals surface area contributed by atoms with E-state index in [1.165, 1.54) is 12.1 Å². The average Bonchev–Trinajstić information content (AvgIpc) is 3.01. The minimum absolute atomic E-state index is 0. The van der Waals surface area contributed by atoms with Crippen LogP contribution >= 0.6 is 0 Å². The number of ketones is 1. The van der Waals surface area contributed by atoms with Gasteiger partial charge >= 0.3 is 6.18 Å². The van der Waals surface area contributed by atoms with Crippen LogP contribution in [0, 0.1) is 17.9 Å². The van der Waals surface area contributed by atoms with Gasteiger partial charge in [-0.2, -0.15) is 13.2 Å². The van der Waals surface area contributed by atoms with Crippen molar-refractivity contribution in [3.05, 3.63) is 102 Å². The molecule has 0 saturated heterocycles. The molecule has 0 amide bonds. The van der Waals surface area contributed by atoms with E-state index >= 15 is 0 Å². The molecule has 1 heterocycles. The molecule has 0 fully saturated rings. The second-order valence-electron chi connectivity index (χ2n) is 12.4. The van der Waals surface area contributed by atoms with Gasteiger partial charge in [0.1, 0.15) is 0 Å². The topological polar surface area (TPSA) is 50.2 Å². The molecule has 3 aromatic carbocycles. The van der Waals surface area contributed by atoms with Crippen LogP contribution in [0.4, 0.5) is 13.2 Å². The number of halogens is 3. The van der Waals surface area contributed by atoms with E-state index in [1.54, 1.807) is 30.3 Å². The largest absolute Gasteiger partial charge is 0.512 e. The summed E-state index contributed by atoms with van der Waals surface area (Å²) in [5.41, 5.74) is 2.00. The summed E-state index contributed by atoms with van der Waals surface area (Å²) in [5, 5.41) is 11.8. The molecule has 7 heteroatoms. The molecule has 0 aliphatic carbocycles. The SMILES string of the molecule is CC(C)(C)c1cc(-c2cc(-c3ccccc3)c(C(F)(F)F)cn2)[c-]c2ccccc12.CCC(CC)C(=O)/C=C(\O)C(CC)CC.[Ir]. The molecule has 1 radical (unpaired) electrons. The average molecular weight is 809 g/mol. The number of carbonyl (C=O) groups excluding carboxylic acids is 1. The van der Waals surface area contributed by atoms with Gasteiger partial charge in [-0.25, -0.2) is 0 Å². The Morgan fingerprint density at radius 3 is 1.96 bits per heavy atom. The quantitative estimate of drug-likeness (QED) is 0.104. The predicted octanol–water partition coefficient (Wildman–Crippen LogP) is 11.6. The number of benzene rings is 3. The van der Waals surface area contributed by atoms with E-state index in [9.17, 15) is 23.1 Å². The number of hydrogen-bond donors (Lipinski definition) is 1. The standard InChI is InChI=1S/C26H21F3N.C13H24O2.Ir/c1-25(2,3)22-14-19(13-18-11-7-8-12-20(18)22)24-15-21(17-9-5-4-6-10-17)23(16-30-24)26(27,28)29;1-5-10(6-2)12(14)9-13(15)11(7-3)8-4;/h4-12,14-16H,1-3H3;9-11,14H,5-8H2,1-4H3;/q-1;;/b;12-9-;. The summed E-state index contributed by atoms with van der Waals surface area (Å²) in [6.45, 7) is 14.4. The molecule has 0 aliphatic heterocycles. The van der Waals surface area contributed by atoms with Gasteiger partial charge in [-0.15, -0.1) is 29.1 Å². The number of nitrogens with zero attached hydrogens (tertiary/aromatic N) is 1. The normalized spacial score (nSPS) is 12.1. The van der Waals surface area contributed by atoms with Gasteiger partial charge in [0.05, 0.1) is 11.3 Å². The van der Waals surface area contributed by atoms with E-state index in [4.69, 9.17) is 0 Å². The first-order valence-electron chi connectivity index (χ1n) is 15.8. The zero-order valence-electron chi connectivity index (χ0n) is 27.8. The van der Waals surface area contributed by atoms with Crippen molar-refractivity contribution in [2.24, 2.45) is 11.8 Å². The Bertz CT molecular complexity index is 1600. The smallest absolute Gasteiger partial charge is 0.418 e. The van der Waals surface area contributed by atoms with Gasteiger partial charge in [0, 0.05) is 49.9 Å². The molecule has 1 N–H and O–H groups in total. The Morgan fingerprint density at radius 2 is 1.41 bits per heavy atom. The van der Waals surface area contributed by atoms with Crippen LogP contribution in [0.15, 0.2) is 84.8 Å². The van der Waals surface area contributed by atoms with Crippen molar-refractivity contribution in [2.45, 2.75) is 85.7 Å². The molecule has 0 bridgehead atoms. The summed E-state index contributed by atoms with van der Waals surface area (Å²) in [6.07, 6.45) is 1.35. The fourth-order valence-corrected chi connectivity index (χ4v) is 5.45. The van der Waals surface area contributed by atoms with E-state index in [-0.39, 0.29) is 54.5 Å². The number of pyridine rings is 1. The molecule has 0 spiro atoms. The number of rotatable bonds is 9. The van der Waals surface area contributed by atoms with Crippen molar-refractivity contribution >= 4 is 16.6 Å². The summed E-state index contributed by atoms with van der Waals surface area (Å²) < 4.78 is 40.9. The number of carbonyl (C=O) groups is 1. The first-order chi connectivity index (χ1) is 21.2. The van der Waals surface area contributed by atoms with Gasteiger partial charge in [0.15, 0.2) is 5.78 Å². The Labute approximate surface area is 285 Å². The summed E-state index contributed by atoms with van der Waals surface area (Å²) in [5.74, 6) is 0.547. The van der Waals surface area contributed by atoms with E-state index in [1.807, 2.05) is 58.0 Å². The van der Waals surface area contributed by atoms with Crippen LogP contribution in [-0.4, -0.2) is 15.9 Å². The van der Waals surface area contributed by atoms with E-state index in [0.717, 1.165) is 48.2 Å². The predicted molar refractivity (Wildman–Crippen MR) is 179 cm³/mol. The molecule has 4 rings (SSSR count). The maximum absolute atomic E-state index is 13.6. The van der Waals surface area contributed by atoms with Crippen LogP contribution in [0.5, 0.6) is 0 Å². The van der Waals surface area contributed by atoms with Crippen molar-refractivity contribution in [2.75, 3.05) is 0 Å². The third-order valence-electron chi connectivity index (χ3n) is 8.24. The molecule has 3 nitrogen and oxygen atoms in total. The molecule has 0 unspecified atom stereocenters. The fraction of sp³-hybridized carbons (Fsp3) is 0.385. The third kappa shape index (κ3) is 9.86. The molecular formula is C39H45F3IrNO2-. The van der Waals surface area contributed by atoms with Gasteiger partial charge in [0.2, 0.25) is 0 Å². The fourth-order valence-electron chi connectivity index (χ4n) is 5.45. The van der Waals surface area contributed by atoms with E-state index < -0.39 is 11.7 Å². The van der Waals surface area contributed by atoms with Crippen molar-refractivity contribution < 1.29 is 43.2 Å². The maximum atomic E-state index is 13.6. The summed E-state index contributed by atoms with van der Waals surface area (Å²) in [6, 6.07) is 23.4. The Hall–Kier alpha value is -3.28. The van der Waals surface area contributed by atoms with Crippen LogP contribution in [0.3, 0.4) is 0 Å². The second-order valence-corrected chi connectivity index (χ2v) is 12.4. The number of aliphatic hydroxyl groups is 1. The first-order valence-corrected chi connectivity index (χ1v) is 15.8. The minimum Gasteiger partial charge on any atom is -0.512 e. The van der Waals surface area contributed by atoms with Crippen molar-refractivity contribution in [1.82, 2.24) is 4.98 Å². The summed E-state index contributed by atoms with van der Waals surface area (Å²) >= 11 is 0. The summed E-state index contributed by atoms with van der Waals surface area (Å²) in [4.78, 5) is 15.9. The molecule has 1 aromatic heterocycles. The molecule has 4 aromatic rings. The van der Waals surface area contributed by atoms with Gasteiger partial charge < -0.3 is 5.11 Å². The molecule has 0 saturated carbocycles. The zero-order chi connectivity index (χ0) is 33.4. The third-order valence-corrected chi connectivity index (χ3v) is 8.24. The number of hydrogen-bond acceptors (Lipinski definition) is 3. The number of alkyl halides is 3. The zero-order valence-corrected chi connectivity index (χ0v) is 30.2. The van der Waals surface area contributed by atoms with Gasteiger partial charge in [-0.1, -0.05) is 114 Å². The van der Waals surface area contributed by atoms with Crippen LogP contribution < -0.4 is 0 Å². The molecular weight excluding hydrogens is 764 g/mol. The number of aliphatic hydroxyl groups excluding tert-OH is 1. The van der Waals surface area contributed by atoms with E-state index in [0.29, 0.717) is 16.8 Å². The first kappa shape index (κ1) is 38.9. The number of fused-ring (bicyclic) bond motifs is 1. The van der Waals surface area contributed by atoms with Gasteiger partial charge in [-0.05, 0) is 42.2 Å².